The molecule has 0 unspecified atom stereocenters. The normalized spacial score (nSPS) is 13.8. The van der Waals surface area contributed by atoms with Crippen molar-refractivity contribution in [3.05, 3.63) is 47.0 Å². The van der Waals surface area contributed by atoms with E-state index < -0.39 is 17.9 Å². The molecule has 0 saturated heterocycles. The molecule has 2 rings (SSSR count). The van der Waals surface area contributed by atoms with E-state index in [-0.39, 0.29) is 12.4 Å². The molecule has 7 nitrogen and oxygen atoms in total. The van der Waals surface area contributed by atoms with E-state index in [2.05, 4.69) is 0 Å². The Labute approximate surface area is 190 Å². The first kappa shape index (κ1) is 25.5. The number of methoxy groups -OCH3 is 4. The largest absolute Gasteiger partial charge is 0.497 e. The van der Waals surface area contributed by atoms with Crippen molar-refractivity contribution in [1.29, 1.82) is 0 Å². The third kappa shape index (κ3) is 5.72. The van der Waals surface area contributed by atoms with Crippen LogP contribution in [0.15, 0.2) is 30.3 Å². The number of benzene rings is 2. The Bertz CT molecular complexity index is 892. The molecule has 1 N–H and O–H groups in total. The van der Waals surface area contributed by atoms with E-state index >= 15 is 0 Å². The Morgan fingerprint density at radius 3 is 2.09 bits per heavy atom. The molecular formula is C25H34O7. The summed E-state index contributed by atoms with van der Waals surface area (Å²) in [7, 11) is 6.19. The second-order valence-electron chi connectivity index (χ2n) is 7.76. The second kappa shape index (κ2) is 11.7. The Morgan fingerprint density at radius 1 is 0.938 bits per heavy atom. The van der Waals surface area contributed by atoms with Crippen molar-refractivity contribution in [3.63, 3.8) is 0 Å². The van der Waals surface area contributed by atoms with Crippen molar-refractivity contribution >= 4 is 5.78 Å². The lowest BCUT2D eigenvalue weighted by Gasteiger charge is -2.25. The molecule has 0 aliphatic rings. The number of ketones is 1. The van der Waals surface area contributed by atoms with E-state index in [4.69, 9.17) is 23.7 Å². The lowest BCUT2D eigenvalue weighted by Crippen LogP contribution is -2.28. The monoisotopic (exact) mass is 446 g/mol. The molecule has 32 heavy (non-hydrogen) atoms. The summed E-state index contributed by atoms with van der Waals surface area (Å²) in [6.07, 6.45) is -1.09. The number of hydrogen-bond acceptors (Lipinski definition) is 7. The van der Waals surface area contributed by atoms with E-state index in [1.165, 1.54) is 14.2 Å². The molecule has 3 atom stereocenters. The van der Waals surface area contributed by atoms with Gasteiger partial charge in [-0.3, -0.25) is 4.79 Å². The van der Waals surface area contributed by atoms with E-state index in [0.29, 0.717) is 29.4 Å². The van der Waals surface area contributed by atoms with E-state index in [9.17, 15) is 9.90 Å². The number of carbonyl (C=O) groups excluding carboxylic acids is 1. The number of hydrogen-bond donors (Lipinski definition) is 1. The summed E-state index contributed by atoms with van der Waals surface area (Å²) < 4.78 is 27.3. The van der Waals surface area contributed by atoms with Crippen LogP contribution in [0.3, 0.4) is 0 Å². The van der Waals surface area contributed by atoms with Gasteiger partial charge in [0.05, 0.1) is 47.8 Å². The maximum absolute atomic E-state index is 13.0. The smallest absolute Gasteiger partial charge is 0.167 e. The maximum Gasteiger partial charge on any atom is 0.167 e. The van der Waals surface area contributed by atoms with Gasteiger partial charge in [0.25, 0.3) is 0 Å². The fourth-order valence-corrected chi connectivity index (χ4v) is 3.65. The molecule has 0 fully saturated rings. The van der Waals surface area contributed by atoms with E-state index in [0.717, 1.165) is 16.9 Å². The Hall–Kier alpha value is -2.77. The van der Waals surface area contributed by atoms with Crippen LogP contribution in [0, 0.1) is 18.8 Å². The van der Waals surface area contributed by atoms with E-state index in [1.807, 2.05) is 31.2 Å². The van der Waals surface area contributed by atoms with Gasteiger partial charge >= 0.3 is 0 Å². The molecule has 0 spiro atoms. The highest BCUT2D eigenvalue weighted by molar-refractivity contribution is 5.84. The highest BCUT2D eigenvalue weighted by atomic mass is 16.5. The molecule has 0 aliphatic carbocycles. The molecule has 0 aromatic heterocycles. The van der Waals surface area contributed by atoms with E-state index in [1.54, 1.807) is 34.1 Å². The zero-order chi connectivity index (χ0) is 23.8. The van der Waals surface area contributed by atoms with Gasteiger partial charge in [-0.2, -0.15) is 0 Å². The summed E-state index contributed by atoms with van der Waals surface area (Å²) in [5.41, 5.74) is 2.18. The van der Waals surface area contributed by atoms with Crippen LogP contribution in [0.5, 0.6) is 23.0 Å². The molecular weight excluding hydrogens is 412 g/mol. The summed E-state index contributed by atoms with van der Waals surface area (Å²) >= 11 is 0. The molecule has 0 aliphatic heterocycles. The minimum Gasteiger partial charge on any atom is -0.497 e. The van der Waals surface area contributed by atoms with Crippen molar-refractivity contribution in [2.75, 3.05) is 35.0 Å². The predicted octanol–water partition coefficient (Wildman–Crippen LogP) is 4.12. The fourth-order valence-electron chi connectivity index (χ4n) is 3.65. The predicted molar refractivity (Wildman–Crippen MR) is 122 cm³/mol. The van der Waals surface area contributed by atoms with Gasteiger partial charge in [-0.1, -0.05) is 26.0 Å². The van der Waals surface area contributed by atoms with Crippen LogP contribution in [0.1, 0.15) is 36.6 Å². The van der Waals surface area contributed by atoms with Gasteiger partial charge in [-0.05, 0) is 30.7 Å². The summed E-state index contributed by atoms with van der Waals surface area (Å²) in [5, 5.41) is 11.0. The van der Waals surface area contributed by atoms with Crippen LogP contribution < -0.4 is 18.9 Å². The first-order chi connectivity index (χ1) is 15.3. The molecule has 0 radical (unpaired) electrons. The number of carbonyl (C=O) groups is 1. The number of rotatable bonds is 12. The van der Waals surface area contributed by atoms with Gasteiger partial charge in [-0.25, -0.2) is 0 Å². The Kier molecular flexibility index (Phi) is 9.35. The SMILES string of the molecule is COc1ccc(COC[C@H](C)C(=O)[C@@H](C)[C@@H](O)c2cc(OC)c(C)c(OC)c2OC)cc1. The lowest BCUT2D eigenvalue weighted by atomic mass is 9.87. The minimum absolute atomic E-state index is 0.104. The number of Topliss-reactive ketones (excluding diaryl/α,β-unsaturated/α-hetero) is 1. The lowest BCUT2D eigenvalue weighted by molar-refractivity contribution is -0.131. The molecule has 0 amide bonds. The van der Waals surface area contributed by atoms with Crippen LogP contribution in [0.25, 0.3) is 0 Å². The van der Waals surface area contributed by atoms with Gasteiger partial charge in [0, 0.05) is 23.0 Å². The first-order valence-corrected chi connectivity index (χ1v) is 10.5. The van der Waals surface area contributed by atoms with Crippen molar-refractivity contribution in [2.45, 2.75) is 33.5 Å². The maximum atomic E-state index is 13.0. The van der Waals surface area contributed by atoms with Gasteiger partial charge < -0.3 is 28.8 Å². The molecule has 2 aromatic rings. The van der Waals surface area contributed by atoms with Gasteiger partial charge in [0.2, 0.25) is 0 Å². The summed E-state index contributed by atoms with van der Waals surface area (Å²) in [5.74, 6) is 1.01. The fraction of sp³-hybridized carbons (Fsp3) is 0.480. The highest BCUT2D eigenvalue weighted by Gasteiger charge is 2.31. The first-order valence-electron chi connectivity index (χ1n) is 10.5. The zero-order valence-electron chi connectivity index (χ0n) is 19.9. The topological polar surface area (TPSA) is 83.5 Å². The third-order valence-corrected chi connectivity index (χ3v) is 5.62. The summed E-state index contributed by atoms with van der Waals surface area (Å²) in [6, 6.07) is 9.26. The third-order valence-electron chi connectivity index (χ3n) is 5.62. The molecule has 7 heteroatoms. The van der Waals surface area contributed by atoms with Crippen LogP contribution in [0.4, 0.5) is 0 Å². The highest BCUT2D eigenvalue weighted by Crippen LogP contribution is 2.44. The molecule has 2 aromatic carbocycles. The summed E-state index contributed by atoms with van der Waals surface area (Å²) in [6.45, 7) is 5.98. The van der Waals surface area contributed by atoms with Gasteiger partial charge in [-0.15, -0.1) is 0 Å². The zero-order valence-corrected chi connectivity index (χ0v) is 19.9. The Balaban J connectivity index is 2.08. The molecule has 0 saturated carbocycles. The average Bonchev–Trinajstić information content (AvgIpc) is 2.82. The second-order valence-corrected chi connectivity index (χ2v) is 7.76. The van der Waals surface area contributed by atoms with Crippen LogP contribution in [0.2, 0.25) is 0 Å². The summed E-state index contributed by atoms with van der Waals surface area (Å²) in [4.78, 5) is 13.0. The number of ether oxygens (including phenoxy) is 5. The van der Waals surface area contributed by atoms with Gasteiger partial charge in [0.1, 0.15) is 17.3 Å². The number of aliphatic hydroxyl groups is 1. The van der Waals surface area contributed by atoms with Crippen molar-refractivity contribution in [1.82, 2.24) is 0 Å². The number of aliphatic hydroxyl groups excluding tert-OH is 1. The van der Waals surface area contributed by atoms with Crippen LogP contribution in [-0.4, -0.2) is 45.9 Å². The minimum atomic E-state index is -1.09. The molecule has 0 bridgehead atoms. The quantitative estimate of drug-likeness (QED) is 0.525. The van der Waals surface area contributed by atoms with Crippen molar-refractivity contribution in [3.8, 4) is 23.0 Å². The molecule has 176 valence electrons. The molecule has 0 heterocycles. The van der Waals surface area contributed by atoms with Crippen LogP contribution >= 0.6 is 0 Å². The van der Waals surface area contributed by atoms with Gasteiger partial charge in [0.15, 0.2) is 11.5 Å². The standard InChI is InChI=1S/C25H34O7/c1-15(13-32-14-18-8-10-19(28-4)11-9-18)22(26)17(3)23(27)20-12-21(29-5)16(2)24(30-6)25(20)31-7/h8-12,15,17,23,27H,13-14H2,1-7H3/t15-,17+,23+/m0/s1. The van der Waals surface area contributed by atoms with Crippen molar-refractivity contribution in [2.24, 2.45) is 11.8 Å². The average molecular weight is 447 g/mol. The Morgan fingerprint density at radius 2 is 1.56 bits per heavy atom. The van der Waals surface area contributed by atoms with Crippen molar-refractivity contribution < 1.29 is 33.6 Å². The van der Waals surface area contributed by atoms with Crippen LogP contribution in [-0.2, 0) is 16.1 Å².